The lowest BCUT2D eigenvalue weighted by atomic mass is 9.45. The van der Waals surface area contributed by atoms with E-state index >= 15 is 0 Å². The molecule has 0 spiro atoms. The number of rotatable bonds is 6. The summed E-state index contributed by atoms with van der Waals surface area (Å²) in [4.78, 5) is 5.74. The molecule has 2 saturated carbocycles. The van der Waals surface area contributed by atoms with E-state index in [9.17, 15) is 10.2 Å². The summed E-state index contributed by atoms with van der Waals surface area (Å²) in [6, 6.07) is 7.78. The van der Waals surface area contributed by atoms with Gasteiger partial charge in [-0.2, -0.15) is 0 Å². The van der Waals surface area contributed by atoms with E-state index in [4.69, 9.17) is 9.57 Å². The van der Waals surface area contributed by atoms with Crippen molar-refractivity contribution in [1.29, 1.82) is 0 Å². The van der Waals surface area contributed by atoms with Gasteiger partial charge in [0.15, 0.2) is 6.10 Å². The van der Waals surface area contributed by atoms with E-state index in [0.717, 1.165) is 42.7 Å². The number of methoxy groups -OCH3 is 1. The molecule has 6 atom stereocenters. The SMILES string of the molecule is COc1ccc(C2=NO[C@H]([C@](C)(O)CC[C@H]3[C@@]4(C)CCCC(C)(C)[C@@H]4CC[C@@]3(C)O)C2)cc1. The fraction of sp³-hybridized carbons (Fsp3) is 0.750. The van der Waals surface area contributed by atoms with E-state index < -0.39 is 11.2 Å². The van der Waals surface area contributed by atoms with Gasteiger partial charge < -0.3 is 19.8 Å². The Hall–Kier alpha value is -1.59. The summed E-state index contributed by atoms with van der Waals surface area (Å²) in [7, 11) is 1.65. The number of fused-ring (bicyclic) bond motifs is 1. The number of hydrogen-bond acceptors (Lipinski definition) is 5. The Morgan fingerprint density at radius 3 is 2.48 bits per heavy atom. The zero-order valence-corrected chi connectivity index (χ0v) is 21.4. The van der Waals surface area contributed by atoms with Crippen molar-refractivity contribution >= 4 is 5.71 Å². The summed E-state index contributed by atoms with van der Waals surface area (Å²) in [5.74, 6) is 1.58. The van der Waals surface area contributed by atoms with Gasteiger partial charge >= 0.3 is 0 Å². The second-order valence-electron chi connectivity index (χ2n) is 12.3. The van der Waals surface area contributed by atoms with E-state index in [1.165, 1.54) is 12.8 Å². The molecule has 0 radical (unpaired) electrons. The molecule has 1 aromatic rings. The van der Waals surface area contributed by atoms with Gasteiger partial charge in [0.25, 0.3) is 0 Å². The van der Waals surface area contributed by atoms with Crippen molar-refractivity contribution in [2.45, 2.75) is 103 Å². The molecule has 3 aliphatic rings. The molecule has 2 fully saturated rings. The monoisotopic (exact) mass is 457 g/mol. The first kappa shape index (κ1) is 24.5. The molecule has 5 nitrogen and oxygen atoms in total. The van der Waals surface area contributed by atoms with Crippen LogP contribution in [-0.2, 0) is 4.84 Å². The molecule has 0 aromatic heterocycles. The third kappa shape index (κ3) is 4.55. The predicted octanol–water partition coefficient (Wildman–Crippen LogP) is 5.71. The molecule has 1 aromatic carbocycles. The molecule has 2 N–H and O–H groups in total. The van der Waals surface area contributed by atoms with Crippen molar-refractivity contribution in [2.24, 2.45) is 27.8 Å². The summed E-state index contributed by atoms with van der Waals surface area (Å²) in [5, 5.41) is 27.2. The number of ether oxygens (including phenoxy) is 1. The molecule has 0 bridgehead atoms. The fourth-order valence-electron chi connectivity index (χ4n) is 7.53. The largest absolute Gasteiger partial charge is 0.497 e. The second kappa shape index (κ2) is 8.57. The van der Waals surface area contributed by atoms with Crippen LogP contribution in [0.25, 0.3) is 0 Å². The number of oxime groups is 1. The van der Waals surface area contributed by atoms with Crippen molar-refractivity contribution in [3.05, 3.63) is 29.8 Å². The highest BCUT2D eigenvalue weighted by atomic mass is 16.7. The highest BCUT2D eigenvalue weighted by Gasteiger charge is 2.58. The molecule has 5 heteroatoms. The first-order valence-electron chi connectivity index (χ1n) is 12.7. The Balaban J connectivity index is 1.44. The predicted molar refractivity (Wildman–Crippen MR) is 131 cm³/mol. The summed E-state index contributed by atoms with van der Waals surface area (Å²) in [6.45, 7) is 11.1. The standard InChI is InChI=1S/C28H43NO4/c1-25(2)14-7-15-26(3)22(25)12-16-27(4,30)23(26)13-17-28(5,31)24-18-21(29-33-24)19-8-10-20(32-6)11-9-19/h8-11,22-24,30-31H,7,12-18H2,1-6H3/t22-,23-,24-,26-,27+,28+/m0/s1. The van der Waals surface area contributed by atoms with Gasteiger partial charge in [-0.25, -0.2) is 0 Å². The molecule has 0 unspecified atom stereocenters. The molecular weight excluding hydrogens is 414 g/mol. The van der Waals surface area contributed by atoms with Crippen LogP contribution in [0.3, 0.4) is 0 Å². The Labute approximate surface area is 199 Å². The van der Waals surface area contributed by atoms with Crippen molar-refractivity contribution < 1.29 is 19.8 Å². The van der Waals surface area contributed by atoms with E-state index in [2.05, 4.69) is 25.9 Å². The van der Waals surface area contributed by atoms with Crippen LogP contribution >= 0.6 is 0 Å². The van der Waals surface area contributed by atoms with Gasteiger partial charge in [-0.15, -0.1) is 0 Å². The molecule has 4 rings (SSSR count). The quantitative estimate of drug-likeness (QED) is 0.574. The fourth-order valence-corrected chi connectivity index (χ4v) is 7.53. The van der Waals surface area contributed by atoms with Crippen LogP contribution in [0.2, 0.25) is 0 Å². The lowest BCUT2D eigenvalue weighted by Crippen LogP contribution is -2.58. The molecular formula is C28H43NO4. The first-order chi connectivity index (χ1) is 15.4. The molecule has 1 aliphatic heterocycles. The number of aliphatic hydroxyl groups is 2. The maximum Gasteiger partial charge on any atom is 0.161 e. The minimum atomic E-state index is -1.01. The van der Waals surface area contributed by atoms with Gasteiger partial charge in [0, 0.05) is 6.42 Å². The van der Waals surface area contributed by atoms with Crippen LogP contribution in [0.5, 0.6) is 5.75 Å². The van der Waals surface area contributed by atoms with Gasteiger partial charge in [0.05, 0.1) is 18.4 Å². The van der Waals surface area contributed by atoms with E-state index in [1.54, 1.807) is 7.11 Å². The zero-order valence-electron chi connectivity index (χ0n) is 21.4. The third-order valence-corrected chi connectivity index (χ3v) is 9.49. The van der Waals surface area contributed by atoms with Crippen molar-refractivity contribution in [2.75, 3.05) is 7.11 Å². The zero-order chi connectivity index (χ0) is 24.1. The number of benzene rings is 1. The van der Waals surface area contributed by atoms with Crippen molar-refractivity contribution in [3.8, 4) is 5.75 Å². The Morgan fingerprint density at radius 2 is 1.82 bits per heavy atom. The van der Waals surface area contributed by atoms with Crippen LogP contribution in [0.1, 0.15) is 91.5 Å². The van der Waals surface area contributed by atoms with Gasteiger partial charge in [-0.1, -0.05) is 32.3 Å². The molecule has 0 saturated heterocycles. The van der Waals surface area contributed by atoms with E-state index in [1.807, 2.05) is 38.1 Å². The topological polar surface area (TPSA) is 71.3 Å². The third-order valence-electron chi connectivity index (χ3n) is 9.49. The van der Waals surface area contributed by atoms with Crippen LogP contribution in [0.4, 0.5) is 0 Å². The van der Waals surface area contributed by atoms with Crippen molar-refractivity contribution in [1.82, 2.24) is 0 Å². The Kier molecular flexibility index (Phi) is 6.37. The highest BCUT2D eigenvalue weighted by molar-refractivity contribution is 6.01. The molecule has 0 amide bonds. The molecule has 1 heterocycles. The molecule has 2 aliphatic carbocycles. The van der Waals surface area contributed by atoms with Gasteiger partial charge in [-0.3, -0.25) is 0 Å². The maximum absolute atomic E-state index is 11.5. The van der Waals surface area contributed by atoms with E-state index in [-0.39, 0.29) is 17.4 Å². The lowest BCUT2D eigenvalue weighted by molar-refractivity contribution is -0.176. The summed E-state index contributed by atoms with van der Waals surface area (Å²) in [5.41, 5.74) is 0.538. The van der Waals surface area contributed by atoms with E-state index in [0.29, 0.717) is 24.2 Å². The van der Waals surface area contributed by atoms with Crippen LogP contribution in [0, 0.1) is 22.7 Å². The minimum absolute atomic E-state index is 0.0981. The average molecular weight is 458 g/mol. The number of nitrogens with zero attached hydrogens (tertiary/aromatic N) is 1. The Morgan fingerprint density at radius 1 is 1.12 bits per heavy atom. The number of hydrogen-bond donors (Lipinski definition) is 2. The average Bonchev–Trinajstić information content (AvgIpc) is 3.23. The Bertz CT molecular complexity index is 872. The maximum atomic E-state index is 11.5. The molecule has 33 heavy (non-hydrogen) atoms. The summed E-state index contributed by atoms with van der Waals surface area (Å²) < 4.78 is 5.24. The summed E-state index contributed by atoms with van der Waals surface area (Å²) in [6.07, 6.45) is 7.15. The smallest absolute Gasteiger partial charge is 0.161 e. The molecule has 184 valence electrons. The van der Waals surface area contributed by atoms with Crippen molar-refractivity contribution in [3.63, 3.8) is 0 Å². The second-order valence-corrected chi connectivity index (χ2v) is 12.3. The minimum Gasteiger partial charge on any atom is -0.497 e. The lowest BCUT2D eigenvalue weighted by Gasteiger charge is -2.61. The van der Waals surface area contributed by atoms with Crippen LogP contribution in [0.15, 0.2) is 29.4 Å². The summed E-state index contributed by atoms with van der Waals surface area (Å²) >= 11 is 0. The van der Waals surface area contributed by atoms with Gasteiger partial charge in [0.2, 0.25) is 0 Å². The van der Waals surface area contributed by atoms with Gasteiger partial charge in [-0.05, 0) is 105 Å². The first-order valence-corrected chi connectivity index (χ1v) is 12.7. The van der Waals surface area contributed by atoms with Gasteiger partial charge in [0.1, 0.15) is 11.4 Å². The normalized spacial score (nSPS) is 37.5. The van der Waals surface area contributed by atoms with Crippen LogP contribution < -0.4 is 4.74 Å². The highest BCUT2D eigenvalue weighted by Crippen LogP contribution is 2.63. The van der Waals surface area contributed by atoms with Crippen LogP contribution in [-0.4, -0.2) is 40.3 Å².